The van der Waals surface area contributed by atoms with Crippen LogP contribution in [0.15, 0.2) is 66.2 Å². The number of rotatable bonds is 5. The van der Waals surface area contributed by atoms with E-state index in [2.05, 4.69) is 30.0 Å². The smallest absolute Gasteiger partial charge is 0.240 e. The van der Waals surface area contributed by atoms with Crippen molar-refractivity contribution in [2.24, 2.45) is 0 Å². The zero-order valence-electron chi connectivity index (χ0n) is 14.3. The van der Waals surface area contributed by atoms with Crippen LogP contribution < -0.4 is 10.0 Å². The van der Waals surface area contributed by atoms with E-state index in [1.807, 2.05) is 18.3 Å². The lowest BCUT2D eigenvalue weighted by molar-refractivity contribution is 0.588. The van der Waals surface area contributed by atoms with Gasteiger partial charge >= 0.3 is 0 Å². The number of benzene rings is 1. The Kier molecular flexibility index (Phi) is 4.30. The second kappa shape index (κ2) is 6.78. The summed E-state index contributed by atoms with van der Waals surface area (Å²) in [5.41, 5.74) is 3.18. The fourth-order valence-electron chi connectivity index (χ4n) is 2.81. The van der Waals surface area contributed by atoms with Crippen LogP contribution in [0.3, 0.4) is 0 Å². The SMILES string of the molecule is CNS(=O)(=O)c1cccc(Nc2ncnc3[nH]cc(-c4ccncc4)c23)c1. The summed E-state index contributed by atoms with van der Waals surface area (Å²) in [6.07, 6.45) is 6.75. The molecular weight excluding hydrogens is 364 g/mol. The summed E-state index contributed by atoms with van der Waals surface area (Å²) in [5, 5.41) is 4.01. The predicted octanol–water partition coefficient (Wildman–Crippen LogP) is 2.67. The first-order valence-corrected chi connectivity index (χ1v) is 9.60. The van der Waals surface area contributed by atoms with Crippen LogP contribution in [0.4, 0.5) is 11.5 Å². The number of hydrogen-bond donors (Lipinski definition) is 3. The molecule has 3 heterocycles. The van der Waals surface area contributed by atoms with Gasteiger partial charge in [0.2, 0.25) is 10.0 Å². The van der Waals surface area contributed by atoms with Crippen LogP contribution in [0.1, 0.15) is 0 Å². The van der Waals surface area contributed by atoms with E-state index in [4.69, 9.17) is 0 Å². The molecular formula is C18H16N6O2S. The van der Waals surface area contributed by atoms with Crippen LogP contribution >= 0.6 is 0 Å². The summed E-state index contributed by atoms with van der Waals surface area (Å²) in [4.78, 5) is 16.0. The molecule has 0 saturated heterocycles. The third kappa shape index (κ3) is 3.25. The molecule has 0 amide bonds. The molecule has 8 nitrogen and oxygen atoms in total. The summed E-state index contributed by atoms with van der Waals surface area (Å²) in [5.74, 6) is 0.576. The molecule has 136 valence electrons. The Balaban J connectivity index is 1.80. The van der Waals surface area contributed by atoms with Crippen LogP contribution in [0.5, 0.6) is 0 Å². The van der Waals surface area contributed by atoms with Crippen molar-refractivity contribution in [3.63, 3.8) is 0 Å². The number of H-pyrrole nitrogens is 1. The van der Waals surface area contributed by atoms with Gasteiger partial charge in [0.1, 0.15) is 17.8 Å². The minimum Gasteiger partial charge on any atom is -0.345 e. The zero-order chi connectivity index (χ0) is 18.9. The van der Waals surface area contributed by atoms with Crippen LogP contribution in [0.25, 0.3) is 22.2 Å². The van der Waals surface area contributed by atoms with Gasteiger partial charge in [-0.05, 0) is 42.9 Å². The summed E-state index contributed by atoms with van der Waals surface area (Å²) in [7, 11) is -2.15. The number of fused-ring (bicyclic) bond motifs is 1. The molecule has 0 atom stereocenters. The lowest BCUT2D eigenvalue weighted by Crippen LogP contribution is -2.18. The Morgan fingerprint density at radius 2 is 1.89 bits per heavy atom. The van der Waals surface area contributed by atoms with Gasteiger partial charge in [-0.15, -0.1) is 0 Å². The molecule has 0 aliphatic carbocycles. The molecule has 4 rings (SSSR count). The van der Waals surface area contributed by atoms with Crippen molar-refractivity contribution in [2.75, 3.05) is 12.4 Å². The van der Waals surface area contributed by atoms with E-state index in [9.17, 15) is 8.42 Å². The highest BCUT2D eigenvalue weighted by Gasteiger charge is 2.15. The number of aromatic amines is 1. The summed E-state index contributed by atoms with van der Waals surface area (Å²) in [6, 6.07) is 10.3. The van der Waals surface area contributed by atoms with Gasteiger partial charge in [0, 0.05) is 29.8 Å². The van der Waals surface area contributed by atoms with E-state index >= 15 is 0 Å². The molecule has 0 aliphatic heterocycles. The Morgan fingerprint density at radius 3 is 2.67 bits per heavy atom. The molecule has 0 saturated carbocycles. The first kappa shape index (κ1) is 17.1. The Morgan fingerprint density at radius 1 is 1.07 bits per heavy atom. The van der Waals surface area contributed by atoms with Crippen LogP contribution in [-0.2, 0) is 10.0 Å². The van der Waals surface area contributed by atoms with Gasteiger partial charge in [-0.2, -0.15) is 0 Å². The van der Waals surface area contributed by atoms with Crippen molar-refractivity contribution in [1.82, 2.24) is 24.7 Å². The van der Waals surface area contributed by atoms with Crippen molar-refractivity contribution < 1.29 is 8.42 Å². The number of anilines is 2. The van der Waals surface area contributed by atoms with Crippen LogP contribution in [0.2, 0.25) is 0 Å². The highest BCUT2D eigenvalue weighted by atomic mass is 32.2. The van der Waals surface area contributed by atoms with E-state index in [-0.39, 0.29) is 4.90 Å². The average molecular weight is 380 g/mol. The van der Waals surface area contributed by atoms with Crippen molar-refractivity contribution >= 4 is 32.6 Å². The van der Waals surface area contributed by atoms with E-state index in [1.165, 1.54) is 19.4 Å². The topological polar surface area (TPSA) is 113 Å². The van der Waals surface area contributed by atoms with E-state index in [0.29, 0.717) is 17.2 Å². The monoisotopic (exact) mass is 380 g/mol. The number of sulfonamides is 1. The van der Waals surface area contributed by atoms with Crippen LogP contribution in [-0.4, -0.2) is 35.4 Å². The summed E-state index contributed by atoms with van der Waals surface area (Å²) >= 11 is 0. The second-order valence-corrected chi connectivity index (χ2v) is 7.63. The molecule has 4 aromatic rings. The highest BCUT2D eigenvalue weighted by Crippen LogP contribution is 2.33. The van der Waals surface area contributed by atoms with Gasteiger partial charge in [-0.25, -0.2) is 23.1 Å². The molecule has 0 unspecified atom stereocenters. The molecule has 0 radical (unpaired) electrons. The van der Waals surface area contributed by atoms with E-state index in [1.54, 1.807) is 30.6 Å². The number of nitrogens with zero attached hydrogens (tertiary/aromatic N) is 3. The average Bonchev–Trinajstić information content (AvgIpc) is 3.14. The maximum absolute atomic E-state index is 12.0. The normalized spacial score (nSPS) is 11.6. The predicted molar refractivity (Wildman–Crippen MR) is 103 cm³/mol. The van der Waals surface area contributed by atoms with Crippen molar-refractivity contribution in [2.45, 2.75) is 4.90 Å². The fourth-order valence-corrected chi connectivity index (χ4v) is 3.59. The Labute approximate surface area is 155 Å². The van der Waals surface area contributed by atoms with Crippen molar-refractivity contribution in [1.29, 1.82) is 0 Å². The number of hydrogen-bond acceptors (Lipinski definition) is 6. The first-order valence-electron chi connectivity index (χ1n) is 8.11. The van der Waals surface area contributed by atoms with Gasteiger partial charge in [0.15, 0.2) is 0 Å². The first-order chi connectivity index (χ1) is 13.1. The molecule has 27 heavy (non-hydrogen) atoms. The number of nitrogens with one attached hydrogen (secondary N) is 3. The van der Waals surface area contributed by atoms with Gasteiger partial charge < -0.3 is 10.3 Å². The molecule has 3 N–H and O–H groups in total. The largest absolute Gasteiger partial charge is 0.345 e. The molecule has 9 heteroatoms. The van der Waals surface area contributed by atoms with Crippen LogP contribution in [0, 0.1) is 0 Å². The van der Waals surface area contributed by atoms with E-state index in [0.717, 1.165) is 16.5 Å². The minimum atomic E-state index is -3.53. The lowest BCUT2D eigenvalue weighted by Gasteiger charge is -2.10. The maximum Gasteiger partial charge on any atom is 0.240 e. The lowest BCUT2D eigenvalue weighted by atomic mass is 10.1. The standard InChI is InChI=1S/C18H16N6O2S/c1-19-27(25,26)14-4-2-3-13(9-14)24-18-16-15(12-5-7-20-8-6-12)10-21-17(16)22-11-23-18/h2-11,19H,1H3,(H2,21,22,23,24). The molecule has 0 aliphatic rings. The molecule has 3 aromatic heterocycles. The molecule has 0 bridgehead atoms. The molecule has 0 spiro atoms. The minimum absolute atomic E-state index is 0.170. The van der Waals surface area contributed by atoms with Gasteiger partial charge in [0.25, 0.3) is 0 Å². The summed E-state index contributed by atoms with van der Waals surface area (Å²) < 4.78 is 26.4. The number of aromatic nitrogens is 4. The van der Waals surface area contributed by atoms with Gasteiger partial charge in [-0.1, -0.05) is 6.07 Å². The van der Waals surface area contributed by atoms with Gasteiger partial charge in [-0.3, -0.25) is 4.98 Å². The Hall–Kier alpha value is -3.30. The van der Waals surface area contributed by atoms with Gasteiger partial charge in [0.05, 0.1) is 10.3 Å². The quantitative estimate of drug-likeness (QED) is 0.491. The Bertz CT molecular complexity index is 1200. The van der Waals surface area contributed by atoms with Crippen molar-refractivity contribution in [3.05, 3.63) is 61.3 Å². The third-order valence-corrected chi connectivity index (χ3v) is 5.55. The molecule has 0 fully saturated rings. The summed E-state index contributed by atoms with van der Waals surface area (Å²) in [6.45, 7) is 0. The third-order valence-electron chi connectivity index (χ3n) is 4.14. The maximum atomic E-state index is 12.0. The zero-order valence-corrected chi connectivity index (χ0v) is 15.2. The second-order valence-electron chi connectivity index (χ2n) is 5.74. The van der Waals surface area contributed by atoms with E-state index < -0.39 is 10.0 Å². The molecule has 1 aromatic carbocycles. The highest BCUT2D eigenvalue weighted by molar-refractivity contribution is 7.89. The number of pyridine rings is 1. The fraction of sp³-hybridized carbons (Fsp3) is 0.0556. The van der Waals surface area contributed by atoms with Crippen molar-refractivity contribution in [3.8, 4) is 11.1 Å².